The maximum atomic E-state index is 12.6. The van der Waals surface area contributed by atoms with E-state index in [4.69, 9.17) is 11.6 Å². The lowest BCUT2D eigenvalue weighted by atomic mass is 10.0. The van der Waals surface area contributed by atoms with Gasteiger partial charge in [-0.05, 0) is 36.2 Å². The quantitative estimate of drug-likeness (QED) is 0.770. The average molecular weight is 341 g/mol. The monoisotopic (exact) mass is 340 g/mol. The highest BCUT2D eigenvalue weighted by molar-refractivity contribution is 6.30. The molecule has 0 fully saturated rings. The van der Waals surface area contributed by atoms with Gasteiger partial charge in [-0.2, -0.15) is 5.10 Å². The van der Waals surface area contributed by atoms with Crippen LogP contribution in [0.5, 0.6) is 0 Å². The zero-order valence-corrected chi connectivity index (χ0v) is 14.2. The molecular weight excluding hydrogens is 324 g/mol. The van der Waals surface area contributed by atoms with E-state index in [9.17, 15) is 4.79 Å². The normalized spacial score (nSPS) is 10.8. The van der Waals surface area contributed by atoms with Crippen LogP contribution in [-0.2, 0) is 0 Å². The molecule has 0 unspecified atom stereocenters. The highest BCUT2D eigenvalue weighted by Crippen LogP contribution is 2.25. The highest BCUT2D eigenvalue weighted by atomic mass is 35.5. The number of carbonyl (C=O) groups excluding carboxylic acids is 1. The van der Waals surface area contributed by atoms with Crippen LogP contribution < -0.4 is 5.32 Å². The first-order chi connectivity index (χ1) is 11.6. The van der Waals surface area contributed by atoms with Gasteiger partial charge in [0.15, 0.2) is 0 Å². The van der Waals surface area contributed by atoms with Crippen molar-refractivity contribution in [2.45, 2.75) is 19.8 Å². The first kappa shape index (κ1) is 16.2. The first-order valence-corrected chi connectivity index (χ1v) is 7.99. The van der Waals surface area contributed by atoms with E-state index in [1.54, 1.807) is 41.5 Å². The van der Waals surface area contributed by atoms with Crippen LogP contribution in [0.25, 0.3) is 5.69 Å². The SMILES string of the molecule is CC(C)c1c(C(=O)Nc2cccnc2)cnn1-c1cccc(Cl)c1. The second kappa shape index (κ2) is 6.84. The Balaban J connectivity index is 1.99. The predicted octanol–water partition coefficient (Wildman–Crippen LogP) is 4.30. The number of pyridine rings is 1. The van der Waals surface area contributed by atoms with Crippen LogP contribution in [-0.4, -0.2) is 20.7 Å². The summed E-state index contributed by atoms with van der Waals surface area (Å²) in [7, 11) is 0. The van der Waals surface area contributed by atoms with Gasteiger partial charge in [-0.15, -0.1) is 0 Å². The largest absolute Gasteiger partial charge is 0.320 e. The molecule has 0 atom stereocenters. The van der Waals surface area contributed by atoms with Gasteiger partial charge in [0.2, 0.25) is 0 Å². The molecule has 1 aromatic carbocycles. The van der Waals surface area contributed by atoms with Crippen molar-refractivity contribution >= 4 is 23.2 Å². The molecule has 3 aromatic rings. The molecule has 0 spiro atoms. The van der Waals surface area contributed by atoms with E-state index in [1.807, 2.05) is 32.0 Å². The fourth-order valence-corrected chi connectivity index (χ4v) is 2.72. The van der Waals surface area contributed by atoms with Crippen LogP contribution in [0, 0.1) is 0 Å². The lowest BCUT2D eigenvalue weighted by Gasteiger charge is -2.13. The van der Waals surface area contributed by atoms with E-state index in [0.717, 1.165) is 11.4 Å². The number of rotatable bonds is 4. The number of nitrogens with zero attached hydrogens (tertiary/aromatic N) is 3. The van der Waals surface area contributed by atoms with Crippen molar-refractivity contribution in [1.82, 2.24) is 14.8 Å². The molecule has 0 bridgehead atoms. The first-order valence-electron chi connectivity index (χ1n) is 7.61. The van der Waals surface area contributed by atoms with E-state index in [2.05, 4.69) is 15.4 Å². The van der Waals surface area contributed by atoms with Crippen molar-refractivity contribution in [3.63, 3.8) is 0 Å². The predicted molar refractivity (Wildman–Crippen MR) is 94.9 cm³/mol. The second-order valence-electron chi connectivity index (χ2n) is 5.69. The number of carbonyl (C=O) groups is 1. The van der Waals surface area contributed by atoms with Crippen LogP contribution in [0.2, 0.25) is 5.02 Å². The number of hydrogen-bond donors (Lipinski definition) is 1. The molecule has 0 saturated heterocycles. The van der Waals surface area contributed by atoms with Crippen molar-refractivity contribution in [3.05, 3.63) is 71.3 Å². The van der Waals surface area contributed by atoms with Gasteiger partial charge in [0.05, 0.1) is 35.0 Å². The van der Waals surface area contributed by atoms with E-state index in [1.165, 1.54) is 0 Å². The van der Waals surface area contributed by atoms with Crippen LogP contribution in [0.1, 0.15) is 35.8 Å². The van der Waals surface area contributed by atoms with Gasteiger partial charge in [0.1, 0.15) is 0 Å². The molecule has 6 heteroatoms. The molecule has 1 amide bonds. The summed E-state index contributed by atoms with van der Waals surface area (Å²) in [5, 5.41) is 7.87. The van der Waals surface area contributed by atoms with E-state index in [-0.39, 0.29) is 11.8 Å². The Hall–Kier alpha value is -2.66. The summed E-state index contributed by atoms with van der Waals surface area (Å²) in [5.41, 5.74) is 2.84. The van der Waals surface area contributed by atoms with Crippen LogP contribution in [0.15, 0.2) is 55.0 Å². The van der Waals surface area contributed by atoms with Gasteiger partial charge in [-0.1, -0.05) is 31.5 Å². The lowest BCUT2D eigenvalue weighted by molar-refractivity contribution is 0.102. The molecular formula is C18H17ClN4O. The molecule has 122 valence electrons. The Labute approximate surface area is 145 Å². The minimum atomic E-state index is -0.208. The van der Waals surface area contributed by atoms with Crippen molar-refractivity contribution in [2.75, 3.05) is 5.32 Å². The van der Waals surface area contributed by atoms with Gasteiger partial charge in [0.25, 0.3) is 5.91 Å². The topological polar surface area (TPSA) is 59.8 Å². The molecule has 5 nitrogen and oxygen atoms in total. The van der Waals surface area contributed by atoms with E-state index in [0.29, 0.717) is 16.3 Å². The summed E-state index contributed by atoms with van der Waals surface area (Å²) in [4.78, 5) is 16.6. The fraction of sp³-hybridized carbons (Fsp3) is 0.167. The average Bonchev–Trinajstić information content (AvgIpc) is 3.01. The summed E-state index contributed by atoms with van der Waals surface area (Å²) in [6, 6.07) is 11.0. The minimum Gasteiger partial charge on any atom is -0.320 e. The summed E-state index contributed by atoms with van der Waals surface area (Å²) < 4.78 is 1.76. The number of aromatic nitrogens is 3. The number of halogens is 1. The molecule has 24 heavy (non-hydrogen) atoms. The fourth-order valence-electron chi connectivity index (χ4n) is 2.54. The molecule has 3 rings (SSSR count). The zero-order valence-electron chi connectivity index (χ0n) is 13.4. The van der Waals surface area contributed by atoms with Gasteiger partial charge in [-0.3, -0.25) is 9.78 Å². The van der Waals surface area contributed by atoms with Gasteiger partial charge in [0, 0.05) is 11.2 Å². The van der Waals surface area contributed by atoms with Gasteiger partial charge < -0.3 is 5.32 Å². The van der Waals surface area contributed by atoms with Crippen molar-refractivity contribution in [2.24, 2.45) is 0 Å². The molecule has 0 radical (unpaired) electrons. The maximum Gasteiger partial charge on any atom is 0.259 e. The highest BCUT2D eigenvalue weighted by Gasteiger charge is 2.21. The Morgan fingerprint density at radius 2 is 2.04 bits per heavy atom. The summed E-state index contributed by atoms with van der Waals surface area (Å²) in [6.45, 7) is 4.05. The Morgan fingerprint density at radius 3 is 2.71 bits per heavy atom. The zero-order chi connectivity index (χ0) is 17.1. The third-order valence-corrected chi connectivity index (χ3v) is 3.81. The number of amides is 1. The molecule has 0 aliphatic rings. The number of hydrogen-bond acceptors (Lipinski definition) is 3. The van der Waals surface area contributed by atoms with E-state index >= 15 is 0 Å². The third kappa shape index (κ3) is 3.31. The van der Waals surface area contributed by atoms with Crippen LogP contribution in [0.3, 0.4) is 0 Å². The van der Waals surface area contributed by atoms with Gasteiger partial charge in [-0.25, -0.2) is 4.68 Å². The van der Waals surface area contributed by atoms with Gasteiger partial charge >= 0.3 is 0 Å². The summed E-state index contributed by atoms with van der Waals surface area (Å²) in [5.74, 6) is -0.0962. The summed E-state index contributed by atoms with van der Waals surface area (Å²) >= 11 is 6.08. The van der Waals surface area contributed by atoms with Crippen LogP contribution in [0.4, 0.5) is 5.69 Å². The number of nitrogens with one attached hydrogen (secondary N) is 1. The Kier molecular flexibility index (Phi) is 4.62. The molecule has 0 aliphatic carbocycles. The van der Waals surface area contributed by atoms with Crippen molar-refractivity contribution in [1.29, 1.82) is 0 Å². The Morgan fingerprint density at radius 1 is 1.21 bits per heavy atom. The molecule has 2 heterocycles. The molecule has 0 aliphatic heterocycles. The third-order valence-electron chi connectivity index (χ3n) is 3.57. The summed E-state index contributed by atoms with van der Waals surface area (Å²) in [6.07, 6.45) is 4.85. The Bertz CT molecular complexity index is 858. The van der Waals surface area contributed by atoms with Crippen LogP contribution >= 0.6 is 11.6 Å². The van der Waals surface area contributed by atoms with Crippen molar-refractivity contribution < 1.29 is 4.79 Å². The standard InChI is InChI=1S/C18H17ClN4O/c1-12(2)17-16(18(24)22-14-6-4-8-20-10-14)11-21-23(17)15-7-3-5-13(19)9-15/h3-12H,1-2H3,(H,22,24). The lowest BCUT2D eigenvalue weighted by Crippen LogP contribution is -2.15. The molecule has 2 aromatic heterocycles. The molecule has 1 N–H and O–H groups in total. The van der Waals surface area contributed by atoms with E-state index < -0.39 is 0 Å². The van der Waals surface area contributed by atoms with Crippen molar-refractivity contribution in [3.8, 4) is 5.69 Å². The second-order valence-corrected chi connectivity index (χ2v) is 6.12. The number of anilines is 1. The maximum absolute atomic E-state index is 12.6. The molecule has 0 saturated carbocycles. The smallest absolute Gasteiger partial charge is 0.259 e. The minimum absolute atomic E-state index is 0.112. The number of benzene rings is 1.